The van der Waals surface area contributed by atoms with E-state index in [1.807, 2.05) is 6.07 Å². The standard InChI is InChI=1S/C21H16F2N4O2S/c1-20(17-8-21(17,18(28)29)30-19(25)27-20)13-6-11(2-4-14(13)22)7-15(23)16-5-3-12(9-24)10-26-16/h2-7,10,17H,8H2,1H3,(H2,25,27)(H,28,29). The number of pyridine rings is 1. The number of nitriles is 1. The minimum atomic E-state index is -1.18. The van der Waals surface area contributed by atoms with E-state index in [2.05, 4.69) is 9.98 Å². The number of carboxylic acid groups (broad SMARTS) is 1. The third-order valence-electron chi connectivity index (χ3n) is 5.55. The van der Waals surface area contributed by atoms with Gasteiger partial charge in [0.05, 0.1) is 16.8 Å². The van der Waals surface area contributed by atoms with Gasteiger partial charge in [0.25, 0.3) is 0 Å². The van der Waals surface area contributed by atoms with Crippen molar-refractivity contribution in [1.82, 2.24) is 4.98 Å². The summed E-state index contributed by atoms with van der Waals surface area (Å²) in [6.07, 6.45) is 2.77. The summed E-state index contributed by atoms with van der Waals surface area (Å²) in [6.45, 7) is 1.65. The van der Waals surface area contributed by atoms with Gasteiger partial charge in [-0.15, -0.1) is 0 Å². The average molecular weight is 426 g/mol. The summed E-state index contributed by atoms with van der Waals surface area (Å²) in [5.74, 6) is -2.66. The molecule has 1 aromatic heterocycles. The van der Waals surface area contributed by atoms with Crippen LogP contribution in [0.4, 0.5) is 8.78 Å². The lowest BCUT2D eigenvalue weighted by atomic mass is 9.85. The summed E-state index contributed by atoms with van der Waals surface area (Å²) >= 11 is 0.991. The van der Waals surface area contributed by atoms with Crippen molar-refractivity contribution in [2.45, 2.75) is 23.6 Å². The van der Waals surface area contributed by atoms with Gasteiger partial charge in [-0.25, -0.2) is 8.78 Å². The Balaban J connectivity index is 1.73. The number of aliphatic carboxylic acids is 1. The molecule has 30 heavy (non-hydrogen) atoms. The summed E-state index contributed by atoms with van der Waals surface area (Å²) in [6, 6.07) is 8.80. The zero-order valence-electron chi connectivity index (χ0n) is 15.8. The lowest BCUT2D eigenvalue weighted by molar-refractivity contribution is -0.137. The molecule has 0 spiro atoms. The second-order valence-corrected chi connectivity index (χ2v) is 8.78. The van der Waals surface area contributed by atoms with E-state index in [-0.39, 0.29) is 16.4 Å². The minimum Gasteiger partial charge on any atom is -0.480 e. The number of thioether (sulfide) groups is 1. The molecule has 2 aromatic rings. The summed E-state index contributed by atoms with van der Waals surface area (Å²) in [5, 5.41) is 18.5. The first-order chi connectivity index (χ1) is 14.2. The Morgan fingerprint density at radius 2 is 2.20 bits per heavy atom. The molecule has 1 fully saturated rings. The van der Waals surface area contributed by atoms with Crippen LogP contribution in [0.15, 0.2) is 41.5 Å². The maximum Gasteiger partial charge on any atom is 0.320 e. The van der Waals surface area contributed by atoms with E-state index in [9.17, 15) is 18.7 Å². The number of hydrogen-bond acceptors (Lipinski definition) is 6. The van der Waals surface area contributed by atoms with Crippen molar-refractivity contribution < 1.29 is 18.7 Å². The SMILES string of the molecule is CC1(c2cc(C=C(F)c3ccc(C#N)cn3)ccc2F)N=C(N)SC2(C(=O)O)CC21. The first kappa shape index (κ1) is 20.0. The van der Waals surface area contributed by atoms with Crippen LogP contribution in [-0.4, -0.2) is 26.0 Å². The highest BCUT2D eigenvalue weighted by atomic mass is 32.2. The third-order valence-corrected chi connectivity index (χ3v) is 6.84. The first-order valence-electron chi connectivity index (χ1n) is 9.01. The molecule has 3 atom stereocenters. The number of carboxylic acids is 1. The number of hydrogen-bond donors (Lipinski definition) is 2. The fourth-order valence-corrected chi connectivity index (χ4v) is 5.21. The van der Waals surface area contributed by atoms with Crippen LogP contribution < -0.4 is 5.73 Å². The van der Waals surface area contributed by atoms with Gasteiger partial charge in [-0.1, -0.05) is 17.8 Å². The van der Waals surface area contributed by atoms with E-state index in [1.165, 1.54) is 42.6 Å². The Kier molecular flexibility index (Phi) is 4.62. The van der Waals surface area contributed by atoms with E-state index in [0.717, 1.165) is 11.8 Å². The van der Waals surface area contributed by atoms with E-state index >= 15 is 0 Å². The highest BCUT2D eigenvalue weighted by Gasteiger charge is 2.71. The Morgan fingerprint density at radius 1 is 1.43 bits per heavy atom. The Labute approximate surface area is 175 Å². The highest BCUT2D eigenvalue weighted by molar-refractivity contribution is 8.15. The van der Waals surface area contributed by atoms with Gasteiger partial charge in [-0.3, -0.25) is 14.8 Å². The fraction of sp³-hybridized carbons (Fsp3) is 0.238. The summed E-state index contributed by atoms with van der Waals surface area (Å²) in [4.78, 5) is 20.1. The van der Waals surface area contributed by atoms with Crippen LogP contribution >= 0.6 is 11.8 Å². The normalized spacial score (nSPS) is 27.6. The number of rotatable bonds is 4. The maximum atomic E-state index is 14.8. The molecule has 0 radical (unpaired) electrons. The van der Waals surface area contributed by atoms with Crippen molar-refractivity contribution in [2.75, 3.05) is 0 Å². The predicted octanol–water partition coefficient (Wildman–Crippen LogP) is 3.68. The van der Waals surface area contributed by atoms with Gasteiger partial charge in [0, 0.05) is 17.7 Å². The van der Waals surface area contributed by atoms with E-state index in [0.29, 0.717) is 17.5 Å². The zero-order valence-corrected chi connectivity index (χ0v) is 16.6. The number of fused-ring (bicyclic) bond motifs is 1. The van der Waals surface area contributed by atoms with Crippen molar-refractivity contribution in [3.05, 3.63) is 64.7 Å². The van der Waals surface area contributed by atoms with Crippen LogP contribution in [0.25, 0.3) is 11.9 Å². The summed E-state index contributed by atoms with van der Waals surface area (Å²) < 4.78 is 28.3. The molecule has 1 aliphatic heterocycles. The topological polar surface area (TPSA) is 112 Å². The molecule has 6 nitrogen and oxygen atoms in total. The number of carbonyl (C=O) groups is 1. The third kappa shape index (κ3) is 3.13. The monoisotopic (exact) mass is 426 g/mol. The van der Waals surface area contributed by atoms with Crippen LogP contribution in [0.1, 0.15) is 35.7 Å². The molecule has 0 bridgehead atoms. The summed E-state index contributed by atoms with van der Waals surface area (Å²) in [5.41, 5.74) is 5.57. The number of aromatic nitrogens is 1. The van der Waals surface area contributed by atoms with Crippen LogP contribution in [0.3, 0.4) is 0 Å². The molecule has 152 valence electrons. The molecule has 0 saturated heterocycles. The molecule has 2 heterocycles. The summed E-state index contributed by atoms with van der Waals surface area (Å²) in [7, 11) is 0. The molecule has 2 aliphatic rings. The zero-order chi connectivity index (χ0) is 21.7. The van der Waals surface area contributed by atoms with Gasteiger partial charge < -0.3 is 10.8 Å². The molecule has 3 N–H and O–H groups in total. The van der Waals surface area contributed by atoms with Gasteiger partial charge >= 0.3 is 5.97 Å². The van der Waals surface area contributed by atoms with Gasteiger partial charge in [0.15, 0.2) is 5.17 Å². The average Bonchev–Trinajstić information content (AvgIpc) is 3.46. The highest BCUT2D eigenvalue weighted by Crippen LogP contribution is 2.66. The second kappa shape index (κ2) is 6.92. The van der Waals surface area contributed by atoms with Gasteiger partial charge in [-0.05, 0) is 49.2 Å². The van der Waals surface area contributed by atoms with Gasteiger partial charge in [0.2, 0.25) is 0 Å². The largest absolute Gasteiger partial charge is 0.480 e. The van der Waals surface area contributed by atoms with E-state index in [1.54, 1.807) is 6.92 Å². The van der Waals surface area contributed by atoms with E-state index < -0.39 is 33.8 Å². The van der Waals surface area contributed by atoms with Crippen LogP contribution in [0.5, 0.6) is 0 Å². The molecular formula is C21H16F2N4O2S. The lowest BCUT2D eigenvalue weighted by Crippen LogP contribution is -2.39. The Morgan fingerprint density at radius 3 is 2.83 bits per heavy atom. The number of aliphatic imine (C=N–C) groups is 1. The van der Waals surface area contributed by atoms with Crippen LogP contribution in [0, 0.1) is 23.1 Å². The quantitative estimate of drug-likeness (QED) is 0.771. The van der Waals surface area contributed by atoms with Gasteiger partial charge in [0.1, 0.15) is 22.5 Å². The van der Waals surface area contributed by atoms with Crippen LogP contribution in [0.2, 0.25) is 0 Å². The van der Waals surface area contributed by atoms with Crippen molar-refractivity contribution in [3.8, 4) is 6.07 Å². The number of benzene rings is 1. The molecule has 4 rings (SSSR count). The predicted molar refractivity (Wildman–Crippen MR) is 109 cm³/mol. The Bertz CT molecular complexity index is 1160. The minimum absolute atomic E-state index is 0.0366. The van der Waals surface area contributed by atoms with Gasteiger partial charge in [-0.2, -0.15) is 5.26 Å². The second-order valence-electron chi connectivity index (χ2n) is 7.43. The molecule has 9 heteroatoms. The van der Waals surface area contributed by atoms with Crippen molar-refractivity contribution >= 4 is 34.8 Å². The number of nitrogens with zero attached hydrogens (tertiary/aromatic N) is 3. The molecule has 1 saturated carbocycles. The molecule has 0 amide bonds. The smallest absolute Gasteiger partial charge is 0.320 e. The maximum absolute atomic E-state index is 14.8. The molecule has 1 aromatic carbocycles. The first-order valence-corrected chi connectivity index (χ1v) is 9.83. The number of amidine groups is 1. The van der Waals surface area contributed by atoms with Crippen molar-refractivity contribution in [2.24, 2.45) is 16.6 Å². The lowest BCUT2D eigenvalue weighted by Gasteiger charge is -2.33. The molecular weight excluding hydrogens is 410 g/mol. The van der Waals surface area contributed by atoms with Crippen LogP contribution in [-0.2, 0) is 10.3 Å². The molecule has 1 aliphatic carbocycles. The van der Waals surface area contributed by atoms with E-state index in [4.69, 9.17) is 11.0 Å². The Hall–Kier alpha value is -3.25. The van der Waals surface area contributed by atoms with Crippen molar-refractivity contribution in [3.63, 3.8) is 0 Å². The fourth-order valence-electron chi connectivity index (χ4n) is 3.90. The van der Waals surface area contributed by atoms with Crippen molar-refractivity contribution in [1.29, 1.82) is 5.26 Å². The number of halogens is 2. The number of nitrogens with two attached hydrogens (primary N) is 1. The molecule has 3 unspecified atom stereocenters.